The first-order valence-corrected chi connectivity index (χ1v) is 7.76. The summed E-state index contributed by atoms with van der Waals surface area (Å²) in [6.07, 6.45) is 0.763. The topological polar surface area (TPSA) is 84.5 Å². The van der Waals surface area contributed by atoms with E-state index in [2.05, 4.69) is 10.6 Å². The van der Waals surface area contributed by atoms with Crippen LogP contribution in [0.5, 0.6) is 0 Å². The summed E-state index contributed by atoms with van der Waals surface area (Å²) in [6, 6.07) is 4.12. The molecule has 6 heteroatoms. The molecule has 0 aromatic heterocycles. The number of carbonyl (C=O) groups is 3. The molecule has 1 heterocycles. The molecular weight excluding hydrogens is 296 g/mol. The zero-order chi connectivity index (χ0) is 17.0. The molecule has 0 bridgehead atoms. The van der Waals surface area contributed by atoms with Gasteiger partial charge in [0.2, 0.25) is 11.8 Å². The highest BCUT2D eigenvalue weighted by Crippen LogP contribution is 2.22. The van der Waals surface area contributed by atoms with Gasteiger partial charge in [0.25, 0.3) is 0 Å². The Morgan fingerprint density at radius 3 is 2.74 bits per heavy atom. The van der Waals surface area contributed by atoms with E-state index in [1.165, 1.54) is 0 Å². The van der Waals surface area contributed by atoms with Gasteiger partial charge in [-0.25, -0.2) is 4.79 Å². The van der Waals surface area contributed by atoms with Crippen LogP contribution in [0.3, 0.4) is 0 Å². The predicted molar refractivity (Wildman–Crippen MR) is 84.6 cm³/mol. The van der Waals surface area contributed by atoms with Gasteiger partial charge in [-0.15, -0.1) is 0 Å². The number of rotatable bonds is 5. The number of ether oxygens (including phenoxy) is 1. The molecule has 1 saturated heterocycles. The lowest BCUT2D eigenvalue weighted by Crippen LogP contribution is -2.45. The Morgan fingerprint density at radius 2 is 2.13 bits per heavy atom. The van der Waals surface area contributed by atoms with Gasteiger partial charge in [-0.1, -0.05) is 18.2 Å². The number of hydrogen-bond acceptors (Lipinski definition) is 4. The maximum Gasteiger partial charge on any atom is 0.333 e. The van der Waals surface area contributed by atoms with Crippen LogP contribution in [0.15, 0.2) is 18.2 Å². The Labute approximate surface area is 135 Å². The van der Waals surface area contributed by atoms with Gasteiger partial charge in [0.1, 0.15) is 6.04 Å². The van der Waals surface area contributed by atoms with Crippen LogP contribution in [-0.2, 0) is 19.1 Å². The summed E-state index contributed by atoms with van der Waals surface area (Å²) >= 11 is 0. The Bertz CT molecular complexity index is 627. The third-order valence-electron chi connectivity index (χ3n) is 4.08. The minimum atomic E-state index is -0.875. The fourth-order valence-electron chi connectivity index (χ4n) is 2.63. The lowest BCUT2D eigenvalue weighted by Gasteiger charge is -2.22. The van der Waals surface area contributed by atoms with Crippen LogP contribution in [0.25, 0.3) is 0 Å². The molecule has 2 N–H and O–H groups in total. The summed E-state index contributed by atoms with van der Waals surface area (Å²) in [6.45, 7) is 5.80. The number of aryl methyl sites for hydroxylation is 1. The van der Waals surface area contributed by atoms with E-state index < -0.39 is 18.1 Å². The minimum Gasteiger partial charge on any atom is -0.464 e. The average molecular weight is 318 g/mol. The van der Waals surface area contributed by atoms with Gasteiger partial charge < -0.3 is 15.4 Å². The molecule has 0 spiro atoms. The second-order valence-corrected chi connectivity index (χ2v) is 5.64. The Hall–Kier alpha value is -2.37. The maximum atomic E-state index is 12.3. The molecule has 2 amide bonds. The van der Waals surface area contributed by atoms with Crippen molar-refractivity contribution in [3.05, 3.63) is 34.9 Å². The fraction of sp³-hybridized carbons (Fsp3) is 0.471. The lowest BCUT2D eigenvalue weighted by atomic mass is 9.97. The minimum absolute atomic E-state index is 0.149. The molecule has 1 aliphatic rings. The predicted octanol–water partition coefficient (Wildman–Crippen LogP) is 1.30. The molecule has 0 saturated carbocycles. The van der Waals surface area contributed by atoms with E-state index in [0.29, 0.717) is 18.4 Å². The first kappa shape index (κ1) is 17.0. The highest BCUT2D eigenvalue weighted by Gasteiger charge is 2.32. The monoisotopic (exact) mass is 318 g/mol. The number of esters is 1. The summed E-state index contributed by atoms with van der Waals surface area (Å²) in [4.78, 5) is 35.9. The summed E-state index contributed by atoms with van der Waals surface area (Å²) in [5.41, 5.74) is 2.67. The van der Waals surface area contributed by atoms with Gasteiger partial charge in [-0.05, 0) is 43.9 Å². The van der Waals surface area contributed by atoms with Gasteiger partial charge in [0.15, 0.2) is 6.04 Å². The second-order valence-electron chi connectivity index (χ2n) is 5.64. The first-order chi connectivity index (χ1) is 10.9. The lowest BCUT2D eigenvalue weighted by molar-refractivity contribution is -0.147. The van der Waals surface area contributed by atoms with Crippen LogP contribution < -0.4 is 10.6 Å². The van der Waals surface area contributed by atoms with E-state index >= 15 is 0 Å². The second kappa shape index (κ2) is 7.26. The Morgan fingerprint density at radius 1 is 1.39 bits per heavy atom. The molecule has 1 fully saturated rings. The van der Waals surface area contributed by atoms with E-state index in [9.17, 15) is 14.4 Å². The molecular formula is C17H22N2O4. The van der Waals surface area contributed by atoms with Gasteiger partial charge >= 0.3 is 5.97 Å². The summed E-state index contributed by atoms with van der Waals surface area (Å²) in [5.74, 6) is -1.02. The van der Waals surface area contributed by atoms with Crippen molar-refractivity contribution >= 4 is 17.8 Å². The summed E-state index contributed by atoms with van der Waals surface area (Å²) in [7, 11) is 0. The molecule has 0 aliphatic carbocycles. The standard InChI is InChI=1S/C17H22N2O4/c1-4-23-17(22)15(12-7-5-6-10(2)11(12)3)19-16(21)13-8-9-14(20)18-13/h5-7,13,15H,4,8-9H2,1-3H3,(H,18,20)(H,19,21)/t13-,15+/m1/s1. The number of carbonyl (C=O) groups excluding carboxylic acids is 3. The van der Waals surface area contributed by atoms with Crippen molar-refractivity contribution in [2.45, 2.75) is 45.7 Å². The van der Waals surface area contributed by atoms with Crippen LogP contribution in [-0.4, -0.2) is 30.4 Å². The van der Waals surface area contributed by atoms with Crippen LogP contribution in [0.2, 0.25) is 0 Å². The van der Waals surface area contributed by atoms with E-state index in [-0.39, 0.29) is 18.4 Å². The van der Waals surface area contributed by atoms with E-state index in [1.54, 1.807) is 13.0 Å². The molecule has 124 valence electrons. The van der Waals surface area contributed by atoms with Crippen molar-refractivity contribution in [1.82, 2.24) is 10.6 Å². The molecule has 6 nitrogen and oxygen atoms in total. The van der Waals surface area contributed by atoms with Crippen LogP contribution in [0, 0.1) is 13.8 Å². The third kappa shape index (κ3) is 3.88. The van der Waals surface area contributed by atoms with Gasteiger partial charge in [-0.2, -0.15) is 0 Å². The molecule has 1 aromatic carbocycles. The SMILES string of the molecule is CCOC(=O)[C@@H](NC(=O)[C@H]1CCC(=O)N1)c1cccc(C)c1C. The first-order valence-electron chi connectivity index (χ1n) is 7.76. The number of nitrogens with one attached hydrogen (secondary N) is 2. The summed E-state index contributed by atoms with van der Waals surface area (Å²) in [5, 5.41) is 5.32. The highest BCUT2D eigenvalue weighted by atomic mass is 16.5. The molecule has 0 unspecified atom stereocenters. The highest BCUT2D eigenvalue weighted by molar-refractivity contribution is 5.93. The Kier molecular flexibility index (Phi) is 5.36. The van der Waals surface area contributed by atoms with Crippen LogP contribution in [0.1, 0.15) is 42.5 Å². The number of amides is 2. The normalized spacial score (nSPS) is 18.2. The van der Waals surface area contributed by atoms with Crippen molar-refractivity contribution in [2.24, 2.45) is 0 Å². The average Bonchev–Trinajstić information content (AvgIpc) is 2.95. The molecule has 1 aliphatic heterocycles. The molecule has 23 heavy (non-hydrogen) atoms. The summed E-state index contributed by atoms with van der Waals surface area (Å²) < 4.78 is 5.10. The van der Waals surface area contributed by atoms with Crippen molar-refractivity contribution in [2.75, 3.05) is 6.61 Å². The van der Waals surface area contributed by atoms with Gasteiger partial charge in [0.05, 0.1) is 6.61 Å². The van der Waals surface area contributed by atoms with Crippen molar-refractivity contribution < 1.29 is 19.1 Å². The largest absolute Gasteiger partial charge is 0.464 e. The van der Waals surface area contributed by atoms with Crippen LogP contribution in [0.4, 0.5) is 0 Å². The zero-order valence-electron chi connectivity index (χ0n) is 13.6. The van der Waals surface area contributed by atoms with Crippen LogP contribution >= 0.6 is 0 Å². The molecule has 0 radical (unpaired) electrons. The van der Waals surface area contributed by atoms with E-state index in [4.69, 9.17) is 4.74 Å². The third-order valence-corrected chi connectivity index (χ3v) is 4.08. The smallest absolute Gasteiger partial charge is 0.333 e. The van der Waals surface area contributed by atoms with Gasteiger partial charge in [0, 0.05) is 6.42 Å². The Balaban J connectivity index is 2.24. The molecule has 2 rings (SSSR count). The van der Waals surface area contributed by atoms with Crippen molar-refractivity contribution in [3.63, 3.8) is 0 Å². The van der Waals surface area contributed by atoms with Crippen molar-refractivity contribution in [1.29, 1.82) is 0 Å². The van der Waals surface area contributed by atoms with Crippen molar-refractivity contribution in [3.8, 4) is 0 Å². The van der Waals surface area contributed by atoms with Gasteiger partial charge in [-0.3, -0.25) is 9.59 Å². The fourth-order valence-corrected chi connectivity index (χ4v) is 2.63. The zero-order valence-corrected chi connectivity index (χ0v) is 13.6. The van der Waals surface area contributed by atoms with E-state index in [1.807, 2.05) is 26.0 Å². The number of benzene rings is 1. The molecule has 2 atom stereocenters. The number of hydrogen-bond donors (Lipinski definition) is 2. The molecule has 1 aromatic rings. The van der Waals surface area contributed by atoms with E-state index in [0.717, 1.165) is 11.1 Å². The maximum absolute atomic E-state index is 12.3. The quantitative estimate of drug-likeness (QED) is 0.802.